The molecule has 3 aromatic carbocycles. The van der Waals surface area contributed by atoms with E-state index in [0.29, 0.717) is 35.5 Å². The van der Waals surface area contributed by atoms with Gasteiger partial charge in [0, 0.05) is 5.56 Å². The average Bonchev–Trinajstić information content (AvgIpc) is 3.46. The third kappa shape index (κ3) is 6.64. The molecular formula is C25H27B2FO8. The van der Waals surface area contributed by atoms with Gasteiger partial charge in [-0.3, -0.25) is 4.39 Å². The number of carbonyl (C=O) groups excluding carboxylic acids is 1. The van der Waals surface area contributed by atoms with E-state index in [0.717, 1.165) is 11.1 Å². The van der Waals surface area contributed by atoms with Gasteiger partial charge in [0.25, 0.3) is 0 Å². The molecule has 3 N–H and O–H groups in total. The normalized spacial score (nSPS) is 14.3. The number of phenolic OH excluding ortho intramolecular Hbond substituents is 1. The highest BCUT2D eigenvalue weighted by molar-refractivity contribution is 6.62. The van der Waals surface area contributed by atoms with Gasteiger partial charge in [-0.15, -0.1) is 0 Å². The van der Waals surface area contributed by atoms with Crippen LogP contribution in [0.1, 0.15) is 31.1 Å². The third-order valence-corrected chi connectivity index (χ3v) is 5.43. The number of alkyl halides is 1. The topological polar surface area (TPSA) is 115 Å². The maximum Gasteiger partial charge on any atom is 0.491 e. The van der Waals surface area contributed by atoms with Crippen LogP contribution >= 0.6 is 0 Å². The van der Waals surface area contributed by atoms with Crippen molar-refractivity contribution in [1.82, 2.24) is 0 Å². The molecule has 0 amide bonds. The smallest absolute Gasteiger partial charge is 0.491 e. The summed E-state index contributed by atoms with van der Waals surface area (Å²) in [6, 6.07) is 19.3. The monoisotopic (exact) mass is 497 g/mol. The fourth-order valence-electron chi connectivity index (χ4n) is 3.70. The van der Waals surface area contributed by atoms with Gasteiger partial charge in [-0.1, -0.05) is 42.5 Å². The Bertz CT molecular complexity index is 1170. The highest BCUT2D eigenvalue weighted by Crippen LogP contribution is 2.24. The summed E-state index contributed by atoms with van der Waals surface area (Å²) < 4.78 is 36.5. The van der Waals surface area contributed by atoms with E-state index >= 15 is 0 Å². The van der Waals surface area contributed by atoms with Crippen molar-refractivity contribution in [3.8, 4) is 11.5 Å². The maximum absolute atomic E-state index is 12.2. The minimum absolute atomic E-state index is 0.160. The highest BCUT2D eigenvalue weighted by atomic mass is 19.1. The van der Waals surface area contributed by atoms with Crippen LogP contribution in [0.5, 0.6) is 11.5 Å². The summed E-state index contributed by atoms with van der Waals surface area (Å²) in [5, 5.41) is 28.0. The summed E-state index contributed by atoms with van der Waals surface area (Å²) in [5.74, 6) is 0.194. The summed E-state index contributed by atoms with van der Waals surface area (Å²) >= 11 is 0. The van der Waals surface area contributed by atoms with Crippen LogP contribution in [0.3, 0.4) is 0 Å². The van der Waals surface area contributed by atoms with Crippen LogP contribution in [0, 0.1) is 0 Å². The summed E-state index contributed by atoms with van der Waals surface area (Å²) in [4.78, 5) is 12.2. The number of fused-ring (bicyclic) bond motifs is 2. The Balaban J connectivity index is 0.000000225. The third-order valence-electron chi connectivity index (χ3n) is 5.43. The second-order valence-corrected chi connectivity index (χ2v) is 7.73. The lowest BCUT2D eigenvalue weighted by atomic mass is 9.79. The first-order chi connectivity index (χ1) is 17.9. The Morgan fingerprint density at radius 2 is 1.61 bits per heavy atom. The maximum atomic E-state index is 12.2. The Morgan fingerprint density at radius 3 is 2.22 bits per heavy atom. The SMILES string of the molecule is CCOC(=O)C(Oc1ccc2c(c1)B(O)OC2)c1ccccc1.OB1OCc2ccc(O)cc21.[2H]CF. The van der Waals surface area contributed by atoms with Crippen LogP contribution in [0.25, 0.3) is 0 Å². The molecule has 5 rings (SSSR count). The summed E-state index contributed by atoms with van der Waals surface area (Å²) in [6.45, 7) is 2.83. The minimum Gasteiger partial charge on any atom is -0.508 e. The second-order valence-electron chi connectivity index (χ2n) is 7.73. The first-order valence-electron chi connectivity index (χ1n) is 11.9. The number of benzene rings is 3. The molecule has 188 valence electrons. The lowest BCUT2D eigenvalue weighted by Crippen LogP contribution is -2.28. The van der Waals surface area contributed by atoms with Crippen molar-refractivity contribution in [2.45, 2.75) is 26.2 Å². The van der Waals surface area contributed by atoms with Crippen molar-refractivity contribution in [2.75, 3.05) is 13.8 Å². The van der Waals surface area contributed by atoms with Gasteiger partial charge in [-0.25, -0.2) is 4.79 Å². The summed E-state index contributed by atoms with van der Waals surface area (Å²) in [7, 11) is -2.82. The van der Waals surface area contributed by atoms with Crippen LogP contribution in [-0.4, -0.2) is 49.1 Å². The van der Waals surface area contributed by atoms with Crippen molar-refractivity contribution in [2.24, 2.45) is 0 Å². The van der Waals surface area contributed by atoms with Crippen LogP contribution in [0.4, 0.5) is 4.39 Å². The lowest BCUT2D eigenvalue weighted by Gasteiger charge is -2.18. The number of ether oxygens (including phenoxy) is 2. The number of hydrogen-bond donors (Lipinski definition) is 3. The number of hydrogen-bond acceptors (Lipinski definition) is 8. The molecular weight excluding hydrogens is 469 g/mol. The van der Waals surface area contributed by atoms with E-state index in [2.05, 4.69) is 0 Å². The zero-order chi connectivity index (χ0) is 26.8. The average molecular weight is 497 g/mol. The number of carbonyl (C=O) groups is 1. The molecule has 0 saturated carbocycles. The van der Waals surface area contributed by atoms with Crippen LogP contribution in [0.2, 0.25) is 0 Å². The van der Waals surface area contributed by atoms with Gasteiger partial charge in [0.15, 0.2) is 0 Å². The van der Waals surface area contributed by atoms with E-state index in [4.69, 9.17) is 25.3 Å². The van der Waals surface area contributed by atoms with Crippen molar-refractivity contribution in [3.63, 3.8) is 0 Å². The lowest BCUT2D eigenvalue weighted by molar-refractivity contribution is -0.151. The fraction of sp³-hybridized carbons (Fsp3) is 0.240. The Kier molecular flexibility index (Phi) is 9.34. The number of phenols is 1. The van der Waals surface area contributed by atoms with Crippen molar-refractivity contribution in [3.05, 3.63) is 83.4 Å². The standard InChI is InChI=1S/C17H17BO5.C7H7BO3.CH3F/c1-2-21-17(19)16(12-6-4-3-5-7-12)23-14-9-8-13-11-22-18(20)15(13)10-14;9-6-2-1-5-4-11-8(10)7(5)3-6;1-2/h3-10,16,20H,2,11H2,1H3;1-3,9-10H,4H2;1H3/i;;1D. The van der Waals surface area contributed by atoms with Crippen molar-refractivity contribution >= 4 is 31.1 Å². The second kappa shape index (κ2) is 13.1. The quantitative estimate of drug-likeness (QED) is 0.361. The zero-order valence-electron chi connectivity index (χ0n) is 20.7. The van der Waals surface area contributed by atoms with Gasteiger partial charge < -0.3 is 33.9 Å². The number of esters is 1. The Morgan fingerprint density at radius 1 is 1.03 bits per heavy atom. The minimum atomic E-state index is -1.00. The molecule has 0 fully saturated rings. The molecule has 2 aliphatic rings. The van der Waals surface area contributed by atoms with Crippen LogP contribution in [-0.2, 0) is 32.1 Å². The van der Waals surface area contributed by atoms with E-state index < -0.39 is 33.5 Å². The molecule has 3 aromatic rings. The number of rotatable bonds is 5. The van der Waals surface area contributed by atoms with Crippen LogP contribution < -0.4 is 15.7 Å². The van der Waals surface area contributed by atoms with E-state index in [9.17, 15) is 19.2 Å². The van der Waals surface area contributed by atoms with Crippen molar-refractivity contribution in [1.29, 1.82) is 0 Å². The molecule has 2 heterocycles. The van der Waals surface area contributed by atoms with Gasteiger partial charge in [0.2, 0.25) is 6.10 Å². The molecule has 0 saturated heterocycles. The first-order valence-corrected chi connectivity index (χ1v) is 11.1. The molecule has 0 radical (unpaired) electrons. The molecule has 1 atom stereocenters. The van der Waals surface area contributed by atoms with Crippen molar-refractivity contribution < 1.29 is 44.5 Å². The molecule has 0 bridgehead atoms. The van der Waals surface area contributed by atoms with E-state index in [1.165, 1.54) is 6.07 Å². The molecule has 1 unspecified atom stereocenters. The molecule has 11 heteroatoms. The Labute approximate surface area is 210 Å². The van der Waals surface area contributed by atoms with E-state index in [1.807, 2.05) is 36.4 Å². The van der Waals surface area contributed by atoms with Gasteiger partial charge in [-0.05, 0) is 53.2 Å². The number of halogens is 1. The predicted octanol–water partition coefficient (Wildman–Crippen LogP) is 1.78. The zero-order valence-corrected chi connectivity index (χ0v) is 19.7. The van der Waals surface area contributed by atoms with Gasteiger partial charge in [-0.2, -0.15) is 0 Å². The van der Waals surface area contributed by atoms with E-state index in [1.54, 1.807) is 31.2 Å². The summed E-state index contributed by atoms with van der Waals surface area (Å²) in [6.07, 6.45) is -0.853. The Hall–Kier alpha value is -3.37. The van der Waals surface area contributed by atoms with Gasteiger partial charge in [0.1, 0.15) is 11.5 Å². The summed E-state index contributed by atoms with van der Waals surface area (Å²) in [5.41, 5.74) is 3.90. The largest absolute Gasteiger partial charge is 0.508 e. The predicted molar refractivity (Wildman–Crippen MR) is 133 cm³/mol. The van der Waals surface area contributed by atoms with Gasteiger partial charge >= 0.3 is 20.2 Å². The molecule has 0 aromatic heterocycles. The molecule has 36 heavy (non-hydrogen) atoms. The molecule has 8 nitrogen and oxygen atoms in total. The molecule has 0 aliphatic carbocycles. The van der Waals surface area contributed by atoms with E-state index in [-0.39, 0.29) is 12.4 Å². The molecule has 0 spiro atoms. The number of aromatic hydroxyl groups is 1. The highest BCUT2D eigenvalue weighted by Gasteiger charge is 2.29. The van der Waals surface area contributed by atoms with Gasteiger partial charge in [0.05, 0.1) is 28.3 Å². The van der Waals surface area contributed by atoms with Crippen LogP contribution in [0.15, 0.2) is 66.7 Å². The molecule has 2 aliphatic heterocycles. The first kappa shape index (κ1) is 25.7. The fourth-order valence-corrected chi connectivity index (χ4v) is 3.70.